The summed E-state index contributed by atoms with van der Waals surface area (Å²) < 4.78 is 5.32. The molecule has 2 rings (SSSR count). The van der Waals surface area contributed by atoms with Gasteiger partial charge in [0, 0.05) is 7.05 Å². The van der Waals surface area contributed by atoms with E-state index in [2.05, 4.69) is 0 Å². The molecule has 1 aliphatic rings. The highest BCUT2D eigenvalue weighted by Gasteiger charge is 2.34. The van der Waals surface area contributed by atoms with Crippen molar-refractivity contribution >= 4 is 11.9 Å². The van der Waals surface area contributed by atoms with Crippen LogP contribution in [-0.4, -0.2) is 53.6 Å². The van der Waals surface area contributed by atoms with Crippen LogP contribution in [0.5, 0.6) is 5.75 Å². The molecule has 0 aromatic heterocycles. The lowest BCUT2D eigenvalue weighted by molar-refractivity contribution is -0.126. The molecule has 1 aromatic rings. The average Bonchev–Trinajstić information content (AvgIpc) is 2.66. The van der Waals surface area contributed by atoms with E-state index in [4.69, 9.17) is 4.74 Å². The van der Waals surface area contributed by atoms with E-state index < -0.39 is 6.10 Å². The van der Waals surface area contributed by atoms with Gasteiger partial charge in [-0.05, 0) is 24.6 Å². The first-order valence-electron chi connectivity index (χ1n) is 6.49. The van der Waals surface area contributed by atoms with E-state index in [9.17, 15) is 14.7 Å². The fraction of sp³-hybridized carbons (Fsp3) is 0.429. The van der Waals surface area contributed by atoms with Gasteiger partial charge in [0.05, 0.1) is 19.3 Å². The molecule has 6 heteroatoms. The second kappa shape index (κ2) is 5.92. The van der Waals surface area contributed by atoms with Crippen LogP contribution in [0.1, 0.15) is 18.6 Å². The molecular formula is C14H18N2O4. The first-order valence-corrected chi connectivity index (χ1v) is 6.49. The molecule has 1 unspecified atom stereocenters. The van der Waals surface area contributed by atoms with Crippen LogP contribution in [0.4, 0.5) is 4.79 Å². The number of benzene rings is 1. The van der Waals surface area contributed by atoms with Crippen LogP contribution >= 0.6 is 0 Å². The van der Waals surface area contributed by atoms with Crippen molar-refractivity contribution in [3.63, 3.8) is 0 Å². The molecule has 1 atom stereocenters. The molecular weight excluding hydrogens is 260 g/mol. The smallest absolute Gasteiger partial charge is 0.327 e. The topological polar surface area (TPSA) is 70.1 Å². The molecule has 1 heterocycles. The fourth-order valence-corrected chi connectivity index (χ4v) is 2.08. The summed E-state index contributed by atoms with van der Waals surface area (Å²) in [5.74, 6) is 0.430. The monoisotopic (exact) mass is 278 g/mol. The predicted molar refractivity (Wildman–Crippen MR) is 72.3 cm³/mol. The zero-order valence-corrected chi connectivity index (χ0v) is 11.6. The van der Waals surface area contributed by atoms with E-state index >= 15 is 0 Å². The van der Waals surface area contributed by atoms with Crippen LogP contribution < -0.4 is 4.74 Å². The summed E-state index contributed by atoms with van der Waals surface area (Å²) in [6.07, 6.45) is -0.898. The van der Waals surface area contributed by atoms with Gasteiger partial charge in [-0.2, -0.15) is 0 Å². The molecule has 1 fully saturated rings. The minimum Gasteiger partial charge on any atom is -0.494 e. The maximum absolute atomic E-state index is 11.7. The molecule has 1 saturated heterocycles. The van der Waals surface area contributed by atoms with Crippen LogP contribution in [0.15, 0.2) is 24.3 Å². The summed E-state index contributed by atoms with van der Waals surface area (Å²) in [4.78, 5) is 25.8. The van der Waals surface area contributed by atoms with E-state index in [1.54, 1.807) is 31.3 Å². The minimum atomic E-state index is -0.898. The summed E-state index contributed by atoms with van der Waals surface area (Å²) in [5.41, 5.74) is 0.642. The number of rotatable bonds is 5. The van der Waals surface area contributed by atoms with Gasteiger partial charge in [-0.15, -0.1) is 0 Å². The highest BCUT2D eigenvalue weighted by atomic mass is 16.5. The maximum atomic E-state index is 11.7. The molecule has 0 saturated carbocycles. The Morgan fingerprint density at radius 3 is 2.45 bits per heavy atom. The Bertz CT molecular complexity index is 500. The van der Waals surface area contributed by atoms with Crippen LogP contribution in [0.25, 0.3) is 0 Å². The number of hydrogen-bond acceptors (Lipinski definition) is 4. The Morgan fingerprint density at radius 1 is 1.30 bits per heavy atom. The van der Waals surface area contributed by atoms with Crippen LogP contribution in [0, 0.1) is 0 Å². The number of imide groups is 1. The van der Waals surface area contributed by atoms with Gasteiger partial charge in [-0.25, -0.2) is 4.79 Å². The zero-order valence-electron chi connectivity index (χ0n) is 11.6. The van der Waals surface area contributed by atoms with E-state index in [-0.39, 0.29) is 25.0 Å². The van der Waals surface area contributed by atoms with E-state index in [1.807, 2.05) is 6.92 Å². The van der Waals surface area contributed by atoms with Crippen molar-refractivity contribution in [2.45, 2.75) is 13.0 Å². The molecule has 3 amide bonds. The number of urea groups is 1. The molecule has 1 N–H and O–H groups in total. The standard InChI is InChI=1S/C14H18N2O4/c1-3-20-11-6-4-10(5-7-11)12(17)8-16-13(18)9-15(2)14(16)19/h4-7,12,17H,3,8-9H2,1-2H3. The average molecular weight is 278 g/mol. The Balaban J connectivity index is 2.02. The number of β-amino-alcohol motifs (C(OH)–C–C–N with tert-alkyl or cyclic N) is 1. The SMILES string of the molecule is CCOc1ccc(C(O)CN2C(=O)CN(C)C2=O)cc1. The number of aliphatic hydroxyl groups is 1. The van der Waals surface area contributed by atoms with Crippen molar-refractivity contribution in [3.05, 3.63) is 29.8 Å². The molecule has 1 aliphatic heterocycles. The summed E-state index contributed by atoms with van der Waals surface area (Å²) in [6, 6.07) is 6.58. The molecule has 0 spiro atoms. The first kappa shape index (κ1) is 14.3. The van der Waals surface area contributed by atoms with Gasteiger partial charge in [0.1, 0.15) is 12.3 Å². The lowest BCUT2D eigenvalue weighted by Crippen LogP contribution is -2.35. The largest absolute Gasteiger partial charge is 0.494 e. The van der Waals surface area contributed by atoms with Crippen LogP contribution in [-0.2, 0) is 4.79 Å². The Labute approximate surface area is 117 Å². The second-order valence-corrected chi connectivity index (χ2v) is 4.66. The number of likely N-dealkylation sites (N-methyl/N-ethyl adjacent to an activating group) is 1. The normalized spacial score (nSPS) is 16.8. The van der Waals surface area contributed by atoms with Crippen molar-refractivity contribution in [3.8, 4) is 5.75 Å². The number of amides is 3. The van der Waals surface area contributed by atoms with E-state index in [1.165, 1.54) is 4.90 Å². The maximum Gasteiger partial charge on any atom is 0.327 e. The number of carbonyl (C=O) groups is 2. The van der Waals surface area contributed by atoms with Gasteiger partial charge in [0.2, 0.25) is 5.91 Å². The predicted octanol–water partition coefficient (Wildman–Crippen LogP) is 1.01. The molecule has 20 heavy (non-hydrogen) atoms. The van der Waals surface area contributed by atoms with Gasteiger partial charge in [-0.3, -0.25) is 9.69 Å². The Morgan fingerprint density at radius 2 is 1.95 bits per heavy atom. The second-order valence-electron chi connectivity index (χ2n) is 4.66. The number of nitrogens with zero attached hydrogens (tertiary/aromatic N) is 2. The van der Waals surface area contributed by atoms with Gasteiger partial charge in [0.15, 0.2) is 0 Å². The molecule has 0 radical (unpaired) electrons. The van der Waals surface area contributed by atoms with Crippen molar-refractivity contribution in [1.82, 2.24) is 9.80 Å². The quantitative estimate of drug-likeness (QED) is 0.816. The van der Waals surface area contributed by atoms with Gasteiger partial charge in [-0.1, -0.05) is 12.1 Å². The van der Waals surface area contributed by atoms with Gasteiger partial charge < -0.3 is 14.7 Å². The summed E-state index contributed by atoms with van der Waals surface area (Å²) >= 11 is 0. The molecule has 0 aliphatic carbocycles. The highest BCUT2D eigenvalue weighted by molar-refractivity contribution is 6.01. The first-order chi connectivity index (χ1) is 9.52. The van der Waals surface area contributed by atoms with E-state index in [0.29, 0.717) is 12.2 Å². The third-order valence-corrected chi connectivity index (χ3v) is 3.16. The molecule has 108 valence electrons. The van der Waals surface area contributed by atoms with Gasteiger partial charge in [0.25, 0.3) is 0 Å². The van der Waals surface area contributed by atoms with Crippen molar-refractivity contribution in [2.75, 3.05) is 26.7 Å². The summed E-state index contributed by atoms with van der Waals surface area (Å²) in [5, 5.41) is 10.1. The lowest BCUT2D eigenvalue weighted by atomic mass is 10.1. The van der Waals surface area contributed by atoms with Crippen LogP contribution in [0.2, 0.25) is 0 Å². The van der Waals surface area contributed by atoms with Gasteiger partial charge >= 0.3 is 6.03 Å². The zero-order chi connectivity index (χ0) is 14.7. The summed E-state index contributed by atoms with van der Waals surface area (Å²) in [6.45, 7) is 2.50. The van der Waals surface area contributed by atoms with Crippen molar-refractivity contribution in [1.29, 1.82) is 0 Å². The third-order valence-electron chi connectivity index (χ3n) is 3.16. The van der Waals surface area contributed by atoms with Crippen molar-refractivity contribution < 1.29 is 19.4 Å². The Hall–Kier alpha value is -2.08. The minimum absolute atomic E-state index is 0.0318. The van der Waals surface area contributed by atoms with Crippen molar-refractivity contribution in [2.24, 2.45) is 0 Å². The molecule has 6 nitrogen and oxygen atoms in total. The van der Waals surface area contributed by atoms with Crippen LogP contribution in [0.3, 0.4) is 0 Å². The fourth-order valence-electron chi connectivity index (χ4n) is 2.08. The molecule has 0 bridgehead atoms. The number of carbonyl (C=O) groups excluding carboxylic acids is 2. The number of ether oxygens (including phenoxy) is 1. The number of hydrogen-bond donors (Lipinski definition) is 1. The highest BCUT2D eigenvalue weighted by Crippen LogP contribution is 2.20. The Kier molecular flexibility index (Phi) is 4.24. The number of aliphatic hydroxyl groups excluding tert-OH is 1. The summed E-state index contributed by atoms with van der Waals surface area (Å²) in [7, 11) is 1.56. The third kappa shape index (κ3) is 2.91. The molecule has 1 aromatic carbocycles. The lowest BCUT2D eigenvalue weighted by Gasteiger charge is -2.18. The van der Waals surface area contributed by atoms with E-state index in [0.717, 1.165) is 10.6 Å².